The Morgan fingerprint density at radius 1 is 1.53 bits per heavy atom. The Morgan fingerprint density at radius 3 is 3.00 bits per heavy atom. The number of rotatable bonds is 4. The van der Waals surface area contributed by atoms with E-state index in [1.165, 1.54) is 12.1 Å². The predicted octanol–water partition coefficient (Wildman–Crippen LogP) is 2.93. The largest absolute Gasteiger partial charge is 0.325 e. The minimum absolute atomic E-state index is 0.00662. The Hall–Kier alpha value is -1.42. The Labute approximate surface area is 113 Å². The number of amides is 1. The van der Waals surface area contributed by atoms with Crippen LogP contribution in [0, 0.1) is 11.2 Å². The second kappa shape index (κ2) is 6.15. The van der Waals surface area contributed by atoms with Crippen LogP contribution in [0.5, 0.6) is 0 Å². The minimum atomic E-state index is -0.348. The maximum absolute atomic E-state index is 13.1. The number of carbonyl (C=O) groups is 1. The molecule has 3 nitrogen and oxygen atoms in total. The first-order chi connectivity index (χ1) is 9.16. The molecule has 1 aliphatic rings. The van der Waals surface area contributed by atoms with Crippen molar-refractivity contribution in [3.05, 3.63) is 30.1 Å². The summed E-state index contributed by atoms with van der Waals surface area (Å²) in [4.78, 5) is 12.5. The Balaban J connectivity index is 2.11. The molecular weight excluding hydrogens is 243 g/mol. The third-order valence-electron chi connectivity index (χ3n) is 3.76. The van der Waals surface area contributed by atoms with Gasteiger partial charge in [-0.3, -0.25) is 4.79 Å². The molecule has 1 amide bonds. The lowest BCUT2D eigenvalue weighted by Crippen LogP contribution is -2.48. The molecule has 0 aliphatic carbocycles. The standard InChI is InChI=1S/C15H21FN2O/c1-2-7-15(8-4-9-17-11-15)14(19)18-13-6-3-5-12(16)10-13/h3,5-6,10,17H,2,4,7-9,11H2,1H3,(H,18,19). The van der Waals surface area contributed by atoms with Crippen LogP contribution in [-0.4, -0.2) is 19.0 Å². The Morgan fingerprint density at radius 2 is 2.37 bits per heavy atom. The summed E-state index contributed by atoms with van der Waals surface area (Å²) in [5.41, 5.74) is 0.185. The van der Waals surface area contributed by atoms with E-state index in [2.05, 4.69) is 17.6 Å². The number of nitrogens with one attached hydrogen (secondary N) is 2. The lowest BCUT2D eigenvalue weighted by Gasteiger charge is -2.36. The first-order valence-electron chi connectivity index (χ1n) is 6.94. The predicted molar refractivity (Wildman–Crippen MR) is 74.5 cm³/mol. The fraction of sp³-hybridized carbons (Fsp3) is 0.533. The molecule has 0 aromatic heterocycles. The van der Waals surface area contributed by atoms with Gasteiger partial charge in [-0.2, -0.15) is 0 Å². The first-order valence-corrected chi connectivity index (χ1v) is 6.94. The second-order valence-corrected chi connectivity index (χ2v) is 5.28. The number of piperidine rings is 1. The summed E-state index contributed by atoms with van der Waals surface area (Å²) in [7, 11) is 0. The number of anilines is 1. The van der Waals surface area contributed by atoms with Crippen LogP contribution in [0.2, 0.25) is 0 Å². The van der Waals surface area contributed by atoms with Gasteiger partial charge in [-0.1, -0.05) is 19.4 Å². The highest BCUT2D eigenvalue weighted by molar-refractivity contribution is 5.95. The molecule has 1 saturated heterocycles. The van der Waals surface area contributed by atoms with Gasteiger partial charge < -0.3 is 10.6 Å². The smallest absolute Gasteiger partial charge is 0.231 e. The molecule has 0 spiro atoms. The van der Waals surface area contributed by atoms with Crippen molar-refractivity contribution in [1.82, 2.24) is 5.32 Å². The molecule has 0 radical (unpaired) electrons. The fourth-order valence-corrected chi connectivity index (χ4v) is 2.80. The molecule has 1 aromatic rings. The maximum Gasteiger partial charge on any atom is 0.231 e. The van der Waals surface area contributed by atoms with Gasteiger partial charge in [-0.15, -0.1) is 0 Å². The topological polar surface area (TPSA) is 41.1 Å². The first kappa shape index (κ1) is 14.0. The lowest BCUT2D eigenvalue weighted by molar-refractivity contribution is -0.127. The Kier molecular flexibility index (Phi) is 4.53. The zero-order valence-electron chi connectivity index (χ0n) is 11.3. The number of carbonyl (C=O) groups excluding carboxylic acids is 1. The quantitative estimate of drug-likeness (QED) is 0.878. The van der Waals surface area contributed by atoms with Crippen LogP contribution in [0.25, 0.3) is 0 Å². The third-order valence-corrected chi connectivity index (χ3v) is 3.76. The van der Waals surface area contributed by atoms with Gasteiger partial charge in [-0.05, 0) is 44.0 Å². The molecule has 1 heterocycles. The second-order valence-electron chi connectivity index (χ2n) is 5.28. The van der Waals surface area contributed by atoms with Crippen molar-refractivity contribution < 1.29 is 9.18 Å². The van der Waals surface area contributed by atoms with Gasteiger partial charge >= 0.3 is 0 Å². The van der Waals surface area contributed by atoms with Crippen LogP contribution in [0.3, 0.4) is 0 Å². The van der Waals surface area contributed by atoms with E-state index in [-0.39, 0.29) is 17.1 Å². The summed E-state index contributed by atoms with van der Waals surface area (Å²) in [6.07, 6.45) is 3.74. The van der Waals surface area contributed by atoms with Crippen molar-refractivity contribution in [1.29, 1.82) is 0 Å². The lowest BCUT2D eigenvalue weighted by atomic mass is 9.76. The van der Waals surface area contributed by atoms with E-state index in [0.717, 1.165) is 32.2 Å². The number of halogens is 1. The Bertz CT molecular complexity index is 436. The highest BCUT2D eigenvalue weighted by atomic mass is 19.1. The molecule has 4 heteroatoms. The van der Waals surface area contributed by atoms with Crippen molar-refractivity contribution >= 4 is 11.6 Å². The number of hydrogen-bond acceptors (Lipinski definition) is 2. The third kappa shape index (κ3) is 3.32. The monoisotopic (exact) mass is 264 g/mol. The van der Waals surface area contributed by atoms with Crippen molar-refractivity contribution in [2.24, 2.45) is 5.41 Å². The summed E-state index contributed by atoms with van der Waals surface area (Å²) < 4.78 is 13.1. The maximum atomic E-state index is 13.1. The van der Waals surface area contributed by atoms with Gasteiger partial charge in [0.2, 0.25) is 5.91 Å². The summed E-state index contributed by atoms with van der Waals surface area (Å²) in [6.45, 7) is 3.77. The number of benzene rings is 1. The molecule has 1 aliphatic heterocycles. The molecule has 19 heavy (non-hydrogen) atoms. The minimum Gasteiger partial charge on any atom is -0.325 e. The number of hydrogen-bond donors (Lipinski definition) is 2. The highest BCUT2D eigenvalue weighted by Crippen LogP contribution is 2.33. The van der Waals surface area contributed by atoms with E-state index in [1.54, 1.807) is 12.1 Å². The highest BCUT2D eigenvalue weighted by Gasteiger charge is 2.38. The van der Waals surface area contributed by atoms with E-state index >= 15 is 0 Å². The van der Waals surface area contributed by atoms with Gasteiger partial charge in [0, 0.05) is 12.2 Å². The zero-order valence-corrected chi connectivity index (χ0v) is 11.3. The molecule has 1 atom stereocenters. The van der Waals surface area contributed by atoms with Gasteiger partial charge in [0.05, 0.1) is 5.41 Å². The summed E-state index contributed by atoms with van der Waals surface area (Å²) in [5, 5.41) is 6.16. The summed E-state index contributed by atoms with van der Waals surface area (Å²) in [5.74, 6) is -0.323. The van der Waals surface area contributed by atoms with Gasteiger partial charge in [0.25, 0.3) is 0 Å². The molecule has 1 aromatic carbocycles. The average Bonchev–Trinajstić information content (AvgIpc) is 2.40. The zero-order chi connectivity index (χ0) is 13.7. The van der Waals surface area contributed by atoms with E-state index < -0.39 is 0 Å². The normalized spacial score (nSPS) is 23.1. The van der Waals surface area contributed by atoms with E-state index in [1.807, 2.05) is 0 Å². The van der Waals surface area contributed by atoms with Crippen LogP contribution >= 0.6 is 0 Å². The molecule has 0 saturated carbocycles. The van der Waals surface area contributed by atoms with Crippen LogP contribution in [0.15, 0.2) is 24.3 Å². The van der Waals surface area contributed by atoms with E-state index in [9.17, 15) is 9.18 Å². The molecule has 2 rings (SSSR count). The fourth-order valence-electron chi connectivity index (χ4n) is 2.80. The van der Waals surface area contributed by atoms with E-state index in [4.69, 9.17) is 0 Å². The van der Waals surface area contributed by atoms with Gasteiger partial charge in [0.1, 0.15) is 5.82 Å². The molecule has 0 bridgehead atoms. The van der Waals surface area contributed by atoms with Crippen LogP contribution < -0.4 is 10.6 Å². The van der Waals surface area contributed by atoms with Gasteiger partial charge in [0.15, 0.2) is 0 Å². The van der Waals surface area contributed by atoms with Crippen molar-refractivity contribution in [3.63, 3.8) is 0 Å². The van der Waals surface area contributed by atoms with Crippen LogP contribution in [0.4, 0.5) is 10.1 Å². The summed E-state index contributed by atoms with van der Waals surface area (Å²) >= 11 is 0. The van der Waals surface area contributed by atoms with Crippen molar-refractivity contribution in [2.45, 2.75) is 32.6 Å². The molecule has 1 fully saturated rings. The average molecular weight is 264 g/mol. The van der Waals surface area contributed by atoms with Crippen molar-refractivity contribution in [3.8, 4) is 0 Å². The summed E-state index contributed by atoms with van der Waals surface area (Å²) in [6, 6.07) is 6.06. The molecule has 1 unspecified atom stereocenters. The molecule has 104 valence electrons. The molecule has 2 N–H and O–H groups in total. The van der Waals surface area contributed by atoms with Crippen LogP contribution in [-0.2, 0) is 4.79 Å². The van der Waals surface area contributed by atoms with E-state index in [0.29, 0.717) is 12.2 Å². The van der Waals surface area contributed by atoms with Crippen LogP contribution in [0.1, 0.15) is 32.6 Å². The van der Waals surface area contributed by atoms with Crippen molar-refractivity contribution in [2.75, 3.05) is 18.4 Å². The molecular formula is C15H21FN2O. The SMILES string of the molecule is CCCC1(C(=O)Nc2cccc(F)c2)CCCNC1. The van der Waals surface area contributed by atoms with Gasteiger partial charge in [-0.25, -0.2) is 4.39 Å².